The Morgan fingerprint density at radius 1 is 0.960 bits per heavy atom. The van der Waals surface area contributed by atoms with Gasteiger partial charge in [0.25, 0.3) is 0 Å². The average molecular weight is 349 g/mol. The lowest BCUT2D eigenvalue weighted by atomic mass is 9.77. The normalized spacial score (nSPS) is 32.6. The number of hydrogen-bond acceptors (Lipinski definition) is 2. The van der Waals surface area contributed by atoms with Gasteiger partial charge in [-0.3, -0.25) is 0 Å². The average Bonchev–Trinajstić information content (AvgIpc) is 3.04. The van der Waals surface area contributed by atoms with Crippen LogP contribution in [0.1, 0.15) is 72.6 Å². The number of piperidine rings is 1. The second kappa shape index (κ2) is 8.30. The predicted octanol–water partition coefficient (Wildman–Crippen LogP) is 5.14. The molecule has 2 unspecified atom stereocenters. The lowest BCUT2D eigenvalue weighted by Gasteiger charge is -2.35. The van der Waals surface area contributed by atoms with Crippen LogP contribution >= 0.6 is 0 Å². The highest BCUT2D eigenvalue weighted by Crippen LogP contribution is 2.44. The second-order valence-corrected chi connectivity index (χ2v) is 11.1. The van der Waals surface area contributed by atoms with E-state index < -0.39 is 0 Å². The fourth-order valence-electron chi connectivity index (χ4n) is 6.17. The fraction of sp³-hybridized carbons (Fsp3) is 1.00. The van der Waals surface area contributed by atoms with Crippen LogP contribution in [-0.2, 0) is 0 Å². The second-order valence-electron chi connectivity index (χ2n) is 11.1. The molecule has 0 aromatic carbocycles. The van der Waals surface area contributed by atoms with Crippen molar-refractivity contribution in [3.05, 3.63) is 0 Å². The molecule has 2 atom stereocenters. The molecule has 25 heavy (non-hydrogen) atoms. The van der Waals surface area contributed by atoms with Crippen LogP contribution in [0.3, 0.4) is 0 Å². The standard InChI is InChI=1S/C23H44N2/c1-18(2)12-20-13-21-16-25(17-22(21)14-20)11-8-23(3,4)15-19-6-9-24(5)10-7-19/h18-22H,6-17H2,1-5H3. The molecule has 2 heteroatoms. The zero-order valence-electron chi connectivity index (χ0n) is 17.8. The minimum absolute atomic E-state index is 0.526. The largest absolute Gasteiger partial charge is 0.306 e. The van der Waals surface area contributed by atoms with E-state index in [0.29, 0.717) is 5.41 Å². The van der Waals surface area contributed by atoms with Crippen LogP contribution in [0.25, 0.3) is 0 Å². The summed E-state index contributed by atoms with van der Waals surface area (Å²) in [5, 5.41) is 0. The van der Waals surface area contributed by atoms with Gasteiger partial charge in [0.2, 0.25) is 0 Å². The van der Waals surface area contributed by atoms with Crippen LogP contribution in [-0.4, -0.2) is 49.6 Å². The van der Waals surface area contributed by atoms with Crippen LogP contribution in [0.5, 0.6) is 0 Å². The molecule has 2 saturated heterocycles. The molecular weight excluding hydrogens is 304 g/mol. The van der Waals surface area contributed by atoms with Crippen molar-refractivity contribution in [1.29, 1.82) is 0 Å². The van der Waals surface area contributed by atoms with Gasteiger partial charge < -0.3 is 9.80 Å². The monoisotopic (exact) mass is 348 g/mol. The van der Waals surface area contributed by atoms with E-state index in [0.717, 1.165) is 29.6 Å². The number of fused-ring (bicyclic) bond motifs is 1. The lowest BCUT2D eigenvalue weighted by Crippen LogP contribution is -2.33. The molecule has 2 nitrogen and oxygen atoms in total. The number of rotatable bonds is 7. The molecule has 0 spiro atoms. The Morgan fingerprint density at radius 3 is 2.12 bits per heavy atom. The Hall–Kier alpha value is -0.0800. The van der Waals surface area contributed by atoms with Gasteiger partial charge in [-0.25, -0.2) is 0 Å². The van der Waals surface area contributed by atoms with Crippen molar-refractivity contribution in [1.82, 2.24) is 9.80 Å². The number of likely N-dealkylation sites (tertiary alicyclic amines) is 2. The molecule has 0 radical (unpaired) electrons. The summed E-state index contributed by atoms with van der Waals surface area (Å²) in [6, 6.07) is 0. The maximum Gasteiger partial charge on any atom is 0.00130 e. The maximum absolute atomic E-state index is 2.82. The first-order chi connectivity index (χ1) is 11.8. The molecule has 0 amide bonds. The third-order valence-electron chi connectivity index (χ3n) is 7.51. The Labute approximate surface area is 157 Å². The third kappa shape index (κ3) is 5.70. The zero-order chi connectivity index (χ0) is 18.0. The number of nitrogens with zero attached hydrogens (tertiary/aromatic N) is 2. The Kier molecular flexibility index (Phi) is 6.53. The molecule has 0 N–H and O–H groups in total. The summed E-state index contributed by atoms with van der Waals surface area (Å²) in [6.07, 6.45) is 10.2. The number of hydrogen-bond donors (Lipinski definition) is 0. The molecule has 3 aliphatic rings. The van der Waals surface area contributed by atoms with E-state index in [4.69, 9.17) is 0 Å². The van der Waals surface area contributed by atoms with Crippen molar-refractivity contribution in [3.63, 3.8) is 0 Å². The molecule has 2 heterocycles. The van der Waals surface area contributed by atoms with E-state index in [1.54, 1.807) is 0 Å². The molecule has 0 aromatic heterocycles. The highest BCUT2D eigenvalue weighted by molar-refractivity contribution is 4.93. The van der Waals surface area contributed by atoms with Crippen molar-refractivity contribution >= 4 is 0 Å². The van der Waals surface area contributed by atoms with E-state index in [1.807, 2.05) is 0 Å². The van der Waals surface area contributed by atoms with Gasteiger partial charge in [0.15, 0.2) is 0 Å². The smallest absolute Gasteiger partial charge is 0.00130 e. The maximum atomic E-state index is 2.82. The minimum Gasteiger partial charge on any atom is -0.306 e. The Morgan fingerprint density at radius 2 is 1.56 bits per heavy atom. The van der Waals surface area contributed by atoms with Gasteiger partial charge in [0, 0.05) is 13.1 Å². The Balaban J connectivity index is 1.37. The summed E-state index contributed by atoms with van der Waals surface area (Å²) in [4.78, 5) is 5.32. The quantitative estimate of drug-likeness (QED) is 0.628. The molecule has 3 fully saturated rings. The molecule has 0 bridgehead atoms. The summed E-state index contributed by atoms with van der Waals surface area (Å²) in [6.45, 7) is 16.6. The first kappa shape index (κ1) is 19.7. The van der Waals surface area contributed by atoms with E-state index in [9.17, 15) is 0 Å². The van der Waals surface area contributed by atoms with Crippen LogP contribution in [0.4, 0.5) is 0 Å². The van der Waals surface area contributed by atoms with Crippen LogP contribution < -0.4 is 0 Å². The topological polar surface area (TPSA) is 6.48 Å². The minimum atomic E-state index is 0.526. The van der Waals surface area contributed by atoms with Crippen molar-refractivity contribution in [3.8, 4) is 0 Å². The summed E-state index contributed by atoms with van der Waals surface area (Å²) in [7, 11) is 2.28. The predicted molar refractivity (Wildman–Crippen MR) is 109 cm³/mol. The lowest BCUT2D eigenvalue weighted by molar-refractivity contribution is 0.148. The van der Waals surface area contributed by atoms with Crippen LogP contribution in [0.15, 0.2) is 0 Å². The van der Waals surface area contributed by atoms with Gasteiger partial charge >= 0.3 is 0 Å². The van der Waals surface area contributed by atoms with Gasteiger partial charge in [-0.05, 0) is 107 Å². The molecule has 0 aromatic rings. The molecule has 1 saturated carbocycles. The summed E-state index contributed by atoms with van der Waals surface area (Å²) in [5.74, 6) is 4.96. The van der Waals surface area contributed by atoms with Gasteiger partial charge in [-0.2, -0.15) is 0 Å². The Bertz CT molecular complexity index is 394. The van der Waals surface area contributed by atoms with Crippen molar-refractivity contribution in [2.24, 2.45) is 35.0 Å². The van der Waals surface area contributed by atoms with Gasteiger partial charge in [-0.15, -0.1) is 0 Å². The summed E-state index contributed by atoms with van der Waals surface area (Å²) >= 11 is 0. The van der Waals surface area contributed by atoms with E-state index >= 15 is 0 Å². The molecule has 3 rings (SSSR count). The first-order valence-electron chi connectivity index (χ1n) is 11.2. The first-order valence-corrected chi connectivity index (χ1v) is 11.2. The summed E-state index contributed by atoms with van der Waals surface area (Å²) in [5.41, 5.74) is 0.526. The fourth-order valence-corrected chi connectivity index (χ4v) is 6.17. The molecule has 146 valence electrons. The molecule has 1 aliphatic carbocycles. The zero-order valence-corrected chi connectivity index (χ0v) is 17.8. The van der Waals surface area contributed by atoms with Crippen LogP contribution in [0, 0.1) is 35.0 Å². The highest BCUT2D eigenvalue weighted by Gasteiger charge is 2.40. The van der Waals surface area contributed by atoms with Crippen molar-refractivity contribution in [2.75, 3.05) is 39.8 Å². The van der Waals surface area contributed by atoms with Crippen LogP contribution in [0.2, 0.25) is 0 Å². The van der Waals surface area contributed by atoms with Gasteiger partial charge in [0.05, 0.1) is 0 Å². The van der Waals surface area contributed by atoms with Gasteiger partial charge in [-0.1, -0.05) is 27.7 Å². The van der Waals surface area contributed by atoms with Gasteiger partial charge in [0.1, 0.15) is 0 Å². The SMILES string of the molecule is CC(C)CC1CC2CN(CCC(C)(C)CC3CCN(C)CC3)CC2C1. The van der Waals surface area contributed by atoms with E-state index in [2.05, 4.69) is 44.5 Å². The third-order valence-corrected chi connectivity index (χ3v) is 7.51. The molecular formula is C23H44N2. The highest BCUT2D eigenvalue weighted by atomic mass is 15.2. The summed E-state index contributed by atoms with van der Waals surface area (Å²) < 4.78 is 0. The molecule has 2 aliphatic heterocycles. The van der Waals surface area contributed by atoms with Crippen molar-refractivity contribution in [2.45, 2.75) is 72.6 Å². The van der Waals surface area contributed by atoms with Crippen molar-refractivity contribution < 1.29 is 0 Å². The van der Waals surface area contributed by atoms with E-state index in [-0.39, 0.29) is 0 Å². The van der Waals surface area contributed by atoms with E-state index in [1.165, 1.54) is 77.7 Å².